The lowest BCUT2D eigenvalue weighted by Crippen LogP contribution is -2.60. The smallest absolute Gasteiger partial charge is 0.331 e. The summed E-state index contributed by atoms with van der Waals surface area (Å²) in [6.45, 7) is 5.04. The Balaban J connectivity index is 1.39. The van der Waals surface area contributed by atoms with E-state index in [1.165, 1.54) is 32.4 Å². The fourth-order valence-electron chi connectivity index (χ4n) is 5.99. The van der Waals surface area contributed by atoms with Crippen LogP contribution in [0.15, 0.2) is 35.9 Å². The number of phenolic OH excluding ortho intramolecular Hbond substituents is 1. The van der Waals surface area contributed by atoms with Gasteiger partial charge in [0.2, 0.25) is 12.0 Å². The summed E-state index contributed by atoms with van der Waals surface area (Å²) in [6.07, 6.45) is -3.33. The highest BCUT2D eigenvalue weighted by Gasteiger charge is 2.67. The van der Waals surface area contributed by atoms with Gasteiger partial charge >= 0.3 is 5.97 Å². The fraction of sp³-hybridized carbons (Fsp3) is 0.621. The number of aromatic hydroxyl groups is 1. The van der Waals surface area contributed by atoms with Crippen molar-refractivity contribution in [3.05, 3.63) is 35.9 Å². The van der Waals surface area contributed by atoms with Crippen LogP contribution in [0.25, 0.3) is 0 Å². The van der Waals surface area contributed by atoms with Crippen LogP contribution in [-0.2, 0) is 19.0 Å². The van der Waals surface area contributed by atoms with E-state index in [2.05, 4.69) is 0 Å². The van der Waals surface area contributed by atoms with Crippen molar-refractivity contribution < 1.29 is 63.9 Å². The summed E-state index contributed by atoms with van der Waals surface area (Å²) in [5.74, 6) is -0.884. The molecule has 3 fully saturated rings. The average molecular weight is 597 g/mol. The number of hydrogen-bond donors (Lipinski definition) is 6. The number of aliphatic hydroxyl groups is 5. The molecule has 13 heteroatoms. The first kappa shape index (κ1) is 32.0. The molecule has 3 aliphatic rings. The van der Waals surface area contributed by atoms with E-state index in [9.17, 15) is 35.4 Å². The summed E-state index contributed by atoms with van der Waals surface area (Å²) in [5.41, 5.74) is -2.59. The van der Waals surface area contributed by atoms with Crippen molar-refractivity contribution in [3.8, 4) is 23.0 Å². The highest BCUT2D eigenvalue weighted by molar-refractivity contribution is 5.83. The number of carbonyl (C=O) groups is 1. The first-order valence-corrected chi connectivity index (χ1v) is 13.6. The topological polar surface area (TPSA) is 194 Å². The molecule has 9 atom stereocenters. The number of rotatable bonds is 9. The van der Waals surface area contributed by atoms with Gasteiger partial charge in [-0.15, -0.1) is 0 Å². The Morgan fingerprint density at radius 3 is 2.43 bits per heavy atom. The van der Waals surface area contributed by atoms with Gasteiger partial charge < -0.3 is 59.1 Å². The van der Waals surface area contributed by atoms with Gasteiger partial charge in [0, 0.05) is 30.0 Å². The maximum atomic E-state index is 12.5. The van der Waals surface area contributed by atoms with Crippen LogP contribution >= 0.6 is 0 Å². The normalized spacial score (nSPS) is 38.4. The van der Waals surface area contributed by atoms with Crippen molar-refractivity contribution in [3.63, 3.8) is 0 Å². The second-order valence-corrected chi connectivity index (χ2v) is 11.6. The molecule has 2 saturated heterocycles. The number of carbonyl (C=O) groups excluding carboxylic acids is 1. The third-order valence-corrected chi connectivity index (χ3v) is 8.42. The van der Waals surface area contributed by atoms with E-state index >= 15 is 0 Å². The van der Waals surface area contributed by atoms with Crippen LogP contribution < -0.4 is 14.2 Å². The Morgan fingerprint density at radius 2 is 1.79 bits per heavy atom. The van der Waals surface area contributed by atoms with E-state index < -0.39 is 66.0 Å². The van der Waals surface area contributed by atoms with Crippen LogP contribution in [0.3, 0.4) is 0 Å². The molecule has 1 saturated carbocycles. The molecule has 1 aromatic carbocycles. The number of phenols is 1. The monoisotopic (exact) mass is 596 g/mol. The maximum Gasteiger partial charge on any atom is 0.331 e. The minimum atomic E-state index is -1.70. The molecule has 234 valence electrons. The number of methoxy groups -OCH3 is 2. The number of hydrogen-bond acceptors (Lipinski definition) is 13. The minimum Gasteiger partial charge on any atom is -0.504 e. The zero-order valence-corrected chi connectivity index (χ0v) is 24.2. The molecule has 6 N–H and O–H groups in total. The standard InChI is InChI=1S/C29H40O13/c1-15(6-7-29(36)27(2)11-16(30)12-28(29,3)40-14-27)8-21(32)39-13-20-22(33)23(34)24(35)26(42-20)41-17-9-18(31)25(38-5)19(10-17)37-4/h6-10,16,20,22-24,26,30-31,33-36H,11-14H2,1-5H3/t16-,20+,22+,23-,24+,26+,27-,28-,29-/m0/s1. The summed E-state index contributed by atoms with van der Waals surface area (Å²) in [5, 5.41) is 63.2. The fourth-order valence-corrected chi connectivity index (χ4v) is 5.99. The van der Waals surface area contributed by atoms with Gasteiger partial charge in [0.1, 0.15) is 48.0 Å². The third-order valence-electron chi connectivity index (χ3n) is 8.42. The lowest BCUT2D eigenvalue weighted by atomic mass is 9.59. The van der Waals surface area contributed by atoms with E-state index in [-0.39, 0.29) is 36.0 Å². The second-order valence-electron chi connectivity index (χ2n) is 11.6. The molecule has 13 nitrogen and oxygen atoms in total. The molecule has 1 aliphatic carbocycles. The van der Waals surface area contributed by atoms with Crippen molar-refractivity contribution in [2.75, 3.05) is 27.4 Å². The molecule has 42 heavy (non-hydrogen) atoms. The van der Waals surface area contributed by atoms with Crippen molar-refractivity contribution in [1.29, 1.82) is 0 Å². The Hall–Kier alpha value is -2.91. The molecule has 1 aromatic rings. The van der Waals surface area contributed by atoms with Crippen LogP contribution in [0.5, 0.6) is 23.0 Å². The van der Waals surface area contributed by atoms with Crippen LogP contribution in [0, 0.1) is 5.41 Å². The summed E-state index contributed by atoms with van der Waals surface area (Å²) >= 11 is 0. The summed E-state index contributed by atoms with van der Waals surface area (Å²) in [6, 6.07) is 2.56. The van der Waals surface area contributed by atoms with Crippen molar-refractivity contribution in [2.45, 2.75) is 81.6 Å². The molecular weight excluding hydrogens is 556 g/mol. The molecule has 2 heterocycles. The largest absolute Gasteiger partial charge is 0.504 e. The van der Waals surface area contributed by atoms with Crippen LogP contribution in [0.2, 0.25) is 0 Å². The van der Waals surface area contributed by atoms with Gasteiger partial charge in [-0.25, -0.2) is 4.79 Å². The maximum absolute atomic E-state index is 12.5. The molecule has 0 radical (unpaired) electrons. The number of fused-ring (bicyclic) bond motifs is 2. The lowest BCUT2D eigenvalue weighted by Gasteiger charge is -2.49. The number of ether oxygens (including phenoxy) is 6. The summed E-state index contributed by atoms with van der Waals surface area (Å²) in [7, 11) is 2.69. The van der Waals surface area contributed by atoms with Crippen LogP contribution in [0.1, 0.15) is 33.6 Å². The number of esters is 1. The van der Waals surface area contributed by atoms with E-state index in [4.69, 9.17) is 28.4 Å². The predicted molar refractivity (Wildman–Crippen MR) is 145 cm³/mol. The molecule has 4 rings (SSSR count). The minimum absolute atomic E-state index is 0.00886. The zero-order chi connectivity index (χ0) is 31.0. The number of allylic oxidation sites excluding steroid dienone is 2. The van der Waals surface area contributed by atoms with E-state index in [1.54, 1.807) is 26.0 Å². The van der Waals surface area contributed by atoms with Crippen LogP contribution in [0.4, 0.5) is 0 Å². The van der Waals surface area contributed by atoms with Gasteiger partial charge in [-0.1, -0.05) is 13.0 Å². The second kappa shape index (κ2) is 12.0. The van der Waals surface area contributed by atoms with Gasteiger partial charge in [-0.2, -0.15) is 0 Å². The molecule has 0 aromatic heterocycles. The highest BCUT2D eigenvalue weighted by atomic mass is 16.7. The Kier molecular flexibility index (Phi) is 9.14. The van der Waals surface area contributed by atoms with E-state index in [1.807, 2.05) is 6.92 Å². The SMILES string of the molecule is COc1cc(O[C@@H]2O[C@H](COC(=O)C=C(C)C=C[C@]3(O)[C@]4(C)CO[C@@]3(C)C[C@@H](O)C4)[C@@H](O)[C@H](O)[C@H]2O)cc(O)c1OC. The molecule has 0 unspecified atom stereocenters. The Labute approximate surface area is 243 Å². The van der Waals surface area contributed by atoms with E-state index in [0.29, 0.717) is 12.0 Å². The quantitative estimate of drug-likeness (QED) is 0.130. The van der Waals surface area contributed by atoms with Crippen molar-refractivity contribution >= 4 is 5.97 Å². The number of aliphatic hydroxyl groups excluding tert-OH is 4. The van der Waals surface area contributed by atoms with Crippen molar-refractivity contribution in [2.24, 2.45) is 5.41 Å². The summed E-state index contributed by atoms with van der Waals surface area (Å²) in [4.78, 5) is 12.5. The van der Waals surface area contributed by atoms with Gasteiger partial charge in [0.05, 0.1) is 26.9 Å². The summed E-state index contributed by atoms with van der Waals surface area (Å²) < 4.78 is 32.6. The molecule has 0 amide bonds. The number of benzene rings is 1. The lowest BCUT2D eigenvalue weighted by molar-refractivity contribution is -0.278. The Bertz CT molecular complexity index is 1190. The predicted octanol–water partition coefficient (Wildman–Crippen LogP) is 0.322. The first-order valence-electron chi connectivity index (χ1n) is 13.6. The molecule has 2 bridgehead atoms. The highest BCUT2D eigenvalue weighted by Crippen LogP contribution is 2.57. The van der Waals surface area contributed by atoms with Crippen molar-refractivity contribution in [1.82, 2.24) is 0 Å². The third kappa shape index (κ3) is 5.82. The average Bonchev–Trinajstić information content (AvgIpc) is 3.02. The zero-order valence-electron chi connectivity index (χ0n) is 24.2. The molecule has 0 spiro atoms. The van der Waals surface area contributed by atoms with Gasteiger partial charge in [-0.05, 0) is 31.9 Å². The van der Waals surface area contributed by atoms with Gasteiger partial charge in [-0.3, -0.25) is 0 Å². The van der Waals surface area contributed by atoms with E-state index in [0.717, 1.165) is 0 Å². The van der Waals surface area contributed by atoms with Crippen LogP contribution in [-0.4, -0.2) is 112 Å². The molecule has 2 aliphatic heterocycles. The van der Waals surface area contributed by atoms with Gasteiger partial charge in [0.25, 0.3) is 0 Å². The Morgan fingerprint density at radius 1 is 1.07 bits per heavy atom. The van der Waals surface area contributed by atoms with Gasteiger partial charge in [0.15, 0.2) is 11.5 Å². The first-order chi connectivity index (χ1) is 19.7. The molecular formula is C29H40O13.